The molecule has 12 heteroatoms. The van der Waals surface area contributed by atoms with Crippen LogP contribution in [0, 0.1) is 11.3 Å². The molecule has 4 amide bonds. The summed E-state index contributed by atoms with van der Waals surface area (Å²) in [7, 11) is 0. The molecule has 1 fully saturated rings. The van der Waals surface area contributed by atoms with E-state index in [-0.39, 0.29) is 51.3 Å². The van der Waals surface area contributed by atoms with E-state index in [0.717, 1.165) is 6.21 Å². The first kappa shape index (κ1) is 29.7. The number of allylic oxidation sites excluding steroid dienone is 3. The van der Waals surface area contributed by atoms with Crippen molar-refractivity contribution >= 4 is 53.0 Å². The molecule has 1 aliphatic heterocycles. The molecule has 1 unspecified atom stereocenters. The first-order chi connectivity index (χ1) is 18.5. The minimum Gasteiger partial charge on any atom is -0.393 e. The minimum atomic E-state index is -0.721. The molecule has 1 aromatic carbocycles. The lowest BCUT2D eigenvalue weighted by Gasteiger charge is -2.34. The van der Waals surface area contributed by atoms with Gasteiger partial charge in [0.25, 0.3) is 17.7 Å². The highest BCUT2D eigenvalue weighted by atomic mass is 35.5. The Labute approximate surface area is 236 Å². The summed E-state index contributed by atoms with van der Waals surface area (Å²) < 4.78 is 0. The zero-order valence-corrected chi connectivity index (χ0v) is 22.9. The second-order valence-corrected chi connectivity index (χ2v) is 10.1. The van der Waals surface area contributed by atoms with Gasteiger partial charge in [-0.3, -0.25) is 19.2 Å². The first-order valence-electron chi connectivity index (χ1n) is 12.3. The van der Waals surface area contributed by atoms with E-state index in [4.69, 9.17) is 34.3 Å². The molecule has 0 aromatic heterocycles. The van der Waals surface area contributed by atoms with Gasteiger partial charge in [-0.2, -0.15) is 0 Å². The number of carbonyl (C=O) groups is 4. The number of halogens is 2. The van der Waals surface area contributed by atoms with Gasteiger partial charge in [0.05, 0.1) is 21.3 Å². The number of benzene rings is 1. The number of hydrogen-bond acceptors (Lipinski definition) is 6. The van der Waals surface area contributed by atoms with Crippen LogP contribution < -0.4 is 21.7 Å². The second-order valence-electron chi connectivity index (χ2n) is 9.25. The molecule has 1 heterocycles. The maximum atomic E-state index is 13.3. The molecule has 1 aliphatic carbocycles. The monoisotopic (exact) mass is 572 g/mol. The van der Waals surface area contributed by atoms with Crippen molar-refractivity contribution in [2.75, 3.05) is 13.1 Å². The van der Waals surface area contributed by atoms with Crippen LogP contribution in [0.15, 0.2) is 65.7 Å². The average Bonchev–Trinajstić information content (AvgIpc) is 2.90. The van der Waals surface area contributed by atoms with Crippen LogP contribution in [-0.2, 0) is 14.4 Å². The molecule has 1 aromatic rings. The highest BCUT2D eigenvalue weighted by Crippen LogP contribution is 2.25. The summed E-state index contributed by atoms with van der Waals surface area (Å²) in [6.45, 7) is 6.15. The zero-order chi connectivity index (χ0) is 28.7. The van der Waals surface area contributed by atoms with E-state index >= 15 is 0 Å². The topological polar surface area (TPSA) is 157 Å². The molecule has 2 atom stereocenters. The fourth-order valence-corrected chi connectivity index (χ4v) is 4.93. The number of nitrogens with two attached hydrogens (primary N) is 1. The summed E-state index contributed by atoms with van der Waals surface area (Å²) in [6, 6.07) is 4.15. The highest BCUT2D eigenvalue weighted by molar-refractivity contribution is 6.39. The van der Waals surface area contributed by atoms with Crippen molar-refractivity contribution in [3.63, 3.8) is 0 Å². The van der Waals surface area contributed by atoms with Gasteiger partial charge < -0.3 is 32.0 Å². The lowest BCUT2D eigenvalue weighted by atomic mass is 9.93. The van der Waals surface area contributed by atoms with Crippen molar-refractivity contribution in [3.8, 4) is 0 Å². The third kappa shape index (κ3) is 7.58. The minimum absolute atomic E-state index is 0.0116. The van der Waals surface area contributed by atoms with E-state index in [1.54, 1.807) is 17.0 Å². The zero-order valence-electron chi connectivity index (χ0n) is 21.4. The summed E-state index contributed by atoms with van der Waals surface area (Å²) in [6.07, 6.45) is 7.29. The molecule has 1 saturated heterocycles. The Morgan fingerprint density at radius 3 is 2.54 bits per heavy atom. The maximum Gasteiger partial charge on any atom is 0.269 e. The lowest BCUT2D eigenvalue weighted by molar-refractivity contribution is -0.129. The van der Waals surface area contributed by atoms with E-state index in [1.165, 1.54) is 18.2 Å². The highest BCUT2D eigenvalue weighted by Gasteiger charge is 2.29. The Morgan fingerprint density at radius 2 is 1.90 bits per heavy atom. The average molecular weight is 573 g/mol. The lowest BCUT2D eigenvalue weighted by Crippen LogP contribution is -2.51. The molecule has 6 N–H and O–H groups in total. The molecule has 0 bridgehead atoms. The fourth-order valence-electron chi connectivity index (χ4n) is 4.36. The number of nitrogens with zero attached hydrogens (tertiary/aromatic N) is 1. The SMILES string of the molecule is C=CC(=O)NC1=CC(C(=O)N2CCC[C@@H](NC(=O)/C(N)=C(/C=N)NC(=O)c3c(Cl)cccc3Cl)C2)=CC(C)C1. The van der Waals surface area contributed by atoms with Crippen molar-refractivity contribution in [2.45, 2.75) is 32.2 Å². The summed E-state index contributed by atoms with van der Waals surface area (Å²) in [4.78, 5) is 52.2. The number of nitrogens with one attached hydrogen (secondary N) is 4. The Bertz CT molecular complexity index is 1280. The number of likely N-dealkylation sites (tertiary alicyclic amines) is 1. The number of amides is 4. The number of hydrogen-bond donors (Lipinski definition) is 5. The van der Waals surface area contributed by atoms with E-state index in [1.807, 2.05) is 13.0 Å². The van der Waals surface area contributed by atoms with Crippen LogP contribution in [0.1, 0.15) is 36.5 Å². The van der Waals surface area contributed by atoms with Crippen LogP contribution in [0.2, 0.25) is 10.0 Å². The van der Waals surface area contributed by atoms with E-state index in [2.05, 4.69) is 22.5 Å². The number of carbonyl (C=O) groups excluding carboxylic acids is 4. The van der Waals surface area contributed by atoms with E-state index < -0.39 is 17.9 Å². The Morgan fingerprint density at radius 1 is 1.21 bits per heavy atom. The smallest absolute Gasteiger partial charge is 0.269 e. The molecule has 206 valence electrons. The summed E-state index contributed by atoms with van der Waals surface area (Å²) in [5.74, 6) is -1.92. The van der Waals surface area contributed by atoms with Crippen LogP contribution in [0.5, 0.6) is 0 Å². The first-order valence-corrected chi connectivity index (χ1v) is 13.0. The third-order valence-corrected chi connectivity index (χ3v) is 6.84. The summed E-state index contributed by atoms with van der Waals surface area (Å²) in [5, 5.41) is 15.8. The van der Waals surface area contributed by atoms with Gasteiger partial charge in [-0.25, -0.2) is 0 Å². The number of rotatable bonds is 8. The molecular weight excluding hydrogens is 543 g/mol. The van der Waals surface area contributed by atoms with Gasteiger partial charge >= 0.3 is 0 Å². The van der Waals surface area contributed by atoms with Gasteiger partial charge in [0.1, 0.15) is 5.70 Å². The third-order valence-electron chi connectivity index (χ3n) is 6.21. The van der Waals surface area contributed by atoms with Gasteiger partial charge in [0.2, 0.25) is 5.91 Å². The fraction of sp³-hybridized carbons (Fsp3) is 0.296. The molecule has 3 rings (SSSR count). The van der Waals surface area contributed by atoms with Crippen molar-refractivity contribution < 1.29 is 19.2 Å². The standard InChI is InChI=1S/C27H30Cl2N6O4/c1-3-22(36)32-18-11-15(2)10-16(12-18)27(39)35-9-5-6-17(14-35)33-26(38)24(31)21(13-30)34-25(37)23-19(28)7-4-8-20(23)29/h3-4,7-8,10,12-13,15,17,30H,1,5-6,9,11,14,31H2,2H3,(H,32,36)(H,33,38)(H,34,37)/b24-21+,30-13?/t15?,17-/m1/s1. The van der Waals surface area contributed by atoms with Crippen molar-refractivity contribution in [1.82, 2.24) is 20.9 Å². The normalized spacial score (nSPS) is 19.5. The molecule has 0 spiro atoms. The predicted molar refractivity (Wildman–Crippen MR) is 150 cm³/mol. The van der Waals surface area contributed by atoms with Crippen LogP contribution in [0.3, 0.4) is 0 Å². The van der Waals surface area contributed by atoms with Gasteiger partial charge in [-0.15, -0.1) is 0 Å². The van der Waals surface area contributed by atoms with Gasteiger partial charge in [0, 0.05) is 36.6 Å². The van der Waals surface area contributed by atoms with Crippen LogP contribution in [0.25, 0.3) is 0 Å². The molecule has 0 radical (unpaired) electrons. The van der Waals surface area contributed by atoms with E-state index in [9.17, 15) is 19.2 Å². The molecule has 10 nitrogen and oxygen atoms in total. The molecular formula is C27H30Cl2N6O4. The molecule has 2 aliphatic rings. The maximum absolute atomic E-state index is 13.3. The largest absolute Gasteiger partial charge is 0.393 e. The van der Waals surface area contributed by atoms with Gasteiger partial charge in [0.15, 0.2) is 0 Å². The van der Waals surface area contributed by atoms with Gasteiger partial charge in [-0.1, -0.05) is 48.8 Å². The van der Waals surface area contributed by atoms with Crippen LogP contribution in [0.4, 0.5) is 0 Å². The Kier molecular flexibility index (Phi) is 10.1. The van der Waals surface area contributed by atoms with Crippen molar-refractivity contribution in [1.29, 1.82) is 5.41 Å². The van der Waals surface area contributed by atoms with E-state index in [0.29, 0.717) is 37.1 Å². The van der Waals surface area contributed by atoms with Crippen molar-refractivity contribution in [3.05, 3.63) is 81.3 Å². The Balaban J connectivity index is 1.68. The van der Waals surface area contributed by atoms with Crippen LogP contribution >= 0.6 is 23.2 Å². The molecule has 39 heavy (non-hydrogen) atoms. The summed E-state index contributed by atoms with van der Waals surface area (Å²) in [5.41, 5.74) is 6.47. The van der Waals surface area contributed by atoms with Gasteiger partial charge in [-0.05, 0) is 49.5 Å². The predicted octanol–water partition coefficient (Wildman–Crippen LogP) is 2.80. The second kappa shape index (κ2) is 13.3. The van der Waals surface area contributed by atoms with Crippen molar-refractivity contribution in [2.24, 2.45) is 11.7 Å². The molecule has 0 saturated carbocycles. The van der Waals surface area contributed by atoms with Crippen LogP contribution in [-0.4, -0.2) is 53.9 Å². The Hall–Kier alpha value is -3.89. The quantitative estimate of drug-likeness (QED) is 0.239. The number of piperidine rings is 1. The summed E-state index contributed by atoms with van der Waals surface area (Å²) >= 11 is 12.1.